The standard InChI is InChI=1S/C24H24N2O4/c1-18-6-5-9-22(16-18)29-15-14-25-23(27)17-30-21-12-10-20(11-13-21)26-24(28)19-7-3-2-4-8-19/h2-13,16H,14-15,17H2,1H3,(H,25,27)(H,26,28). The predicted octanol–water partition coefficient (Wildman–Crippen LogP) is 3.82. The molecule has 0 bridgehead atoms. The monoisotopic (exact) mass is 404 g/mol. The number of carbonyl (C=O) groups is 2. The van der Waals surface area contributed by atoms with Crippen molar-refractivity contribution in [2.45, 2.75) is 6.92 Å². The second-order valence-electron chi connectivity index (χ2n) is 6.65. The van der Waals surface area contributed by atoms with Gasteiger partial charge in [-0.05, 0) is 61.0 Å². The number of hydrogen-bond donors (Lipinski definition) is 2. The number of ether oxygens (including phenoxy) is 2. The second kappa shape index (κ2) is 10.7. The molecule has 2 amide bonds. The van der Waals surface area contributed by atoms with Gasteiger partial charge in [-0.15, -0.1) is 0 Å². The van der Waals surface area contributed by atoms with Gasteiger partial charge in [0.25, 0.3) is 11.8 Å². The van der Waals surface area contributed by atoms with Crippen molar-refractivity contribution >= 4 is 17.5 Å². The molecule has 0 radical (unpaired) electrons. The fourth-order valence-corrected chi connectivity index (χ4v) is 2.69. The quantitative estimate of drug-likeness (QED) is 0.532. The van der Waals surface area contributed by atoms with Crippen LogP contribution in [0.25, 0.3) is 0 Å². The Morgan fingerprint density at radius 3 is 2.33 bits per heavy atom. The number of hydrogen-bond acceptors (Lipinski definition) is 4. The highest BCUT2D eigenvalue weighted by molar-refractivity contribution is 6.04. The SMILES string of the molecule is Cc1cccc(OCCNC(=O)COc2ccc(NC(=O)c3ccccc3)cc2)c1. The fraction of sp³-hybridized carbons (Fsp3) is 0.167. The van der Waals surface area contributed by atoms with Crippen molar-refractivity contribution in [2.24, 2.45) is 0 Å². The molecule has 0 unspecified atom stereocenters. The van der Waals surface area contributed by atoms with Crippen LogP contribution in [0.5, 0.6) is 11.5 Å². The summed E-state index contributed by atoms with van der Waals surface area (Å²) in [6, 6.07) is 23.6. The Morgan fingerprint density at radius 2 is 1.60 bits per heavy atom. The minimum atomic E-state index is -0.232. The van der Waals surface area contributed by atoms with Crippen LogP contribution in [0.3, 0.4) is 0 Å². The molecule has 2 N–H and O–H groups in total. The number of nitrogens with one attached hydrogen (secondary N) is 2. The van der Waals surface area contributed by atoms with E-state index in [4.69, 9.17) is 9.47 Å². The van der Waals surface area contributed by atoms with Crippen LogP contribution in [0.4, 0.5) is 5.69 Å². The van der Waals surface area contributed by atoms with E-state index in [0.717, 1.165) is 11.3 Å². The third kappa shape index (κ3) is 6.67. The molecule has 3 aromatic rings. The molecule has 3 aromatic carbocycles. The van der Waals surface area contributed by atoms with Crippen molar-refractivity contribution in [1.82, 2.24) is 5.32 Å². The van der Waals surface area contributed by atoms with Crippen molar-refractivity contribution in [3.05, 3.63) is 90.0 Å². The fourth-order valence-electron chi connectivity index (χ4n) is 2.69. The third-order valence-corrected chi connectivity index (χ3v) is 4.20. The van der Waals surface area contributed by atoms with Crippen molar-refractivity contribution in [2.75, 3.05) is 25.1 Å². The van der Waals surface area contributed by atoms with Gasteiger partial charge in [0.1, 0.15) is 18.1 Å². The molecule has 6 nitrogen and oxygen atoms in total. The zero-order chi connectivity index (χ0) is 21.2. The van der Waals surface area contributed by atoms with E-state index in [0.29, 0.717) is 30.2 Å². The molecule has 154 valence electrons. The molecule has 0 aliphatic heterocycles. The highest BCUT2D eigenvalue weighted by Crippen LogP contribution is 2.16. The van der Waals surface area contributed by atoms with E-state index in [1.807, 2.05) is 49.4 Å². The molecular weight excluding hydrogens is 380 g/mol. The molecule has 0 saturated carbocycles. The summed E-state index contributed by atoms with van der Waals surface area (Å²) in [4.78, 5) is 24.0. The lowest BCUT2D eigenvalue weighted by Crippen LogP contribution is -2.32. The Bertz CT molecular complexity index is 972. The van der Waals surface area contributed by atoms with Crippen LogP contribution in [0.1, 0.15) is 15.9 Å². The third-order valence-electron chi connectivity index (χ3n) is 4.20. The lowest BCUT2D eigenvalue weighted by molar-refractivity contribution is -0.123. The van der Waals surface area contributed by atoms with E-state index in [-0.39, 0.29) is 18.4 Å². The summed E-state index contributed by atoms with van der Waals surface area (Å²) in [5, 5.41) is 5.56. The predicted molar refractivity (Wildman–Crippen MR) is 116 cm³/mol. The Kier molecular flexibility index (Phi) is 7.44. The van der Waals surface area contributed by atoms with Crippen LogP contribution >= 0.6 is 0 Å². The van der Waals surface area contributed by atoms with Gasteiger partial charge in [0, 0.05) is 11.3 Å². The molecule has 0 fully saturated rings. The maximum atomic E-state index is 12.1. The molecule has 6 heteroatoms. The molecule has 0 aromatic heterocycles. The Balaban J connectivity index is 1.36. The molecule has 0 saturated heterocycles. The minimum absolute atomic E-state index is 0.0971. The van der Waals surface area contributed by atoms with Crippen LogP contribution in [0.15, 0.2) is 78.9 Å². The Morgan fingerprint density at radius 1 is 0.833 bits per heavy atom. The van der Waals surface area contributed by atoms with Crippen molar-refractivity contribution < 1.29 is 19.1 Å². The molecule has 30 heavy (non-hydrogen) atoms. The Hall–Kier alpha value is -3.80. The maximum absolute atomic E-state index is 12.1. The first-order chi connectivity index (χ1) is 14.6. The first kappa shape index (κ1) is 20.9. The van der Waals surface area contributed by atoms with E-state index in [1.165, 1.54) is 0 Å². The molecule has 3 rings (SSSR count). The number of anilines is 1. The van der Waals surface area contributed by atoms with Crippen molar-refractivity contribution in [3.63, 3.8) is 0 Å². The van der Waals surface area contributed by atoms with Gasteiger partial charge < -0.3 is 20.1 Å². The first-order valence-corrected chi connectivity index (χ1v) is 9.65. The van der Waals surface area contributed by atoms with Crippen LogP contribution in [0.2, 0.25) is 0 Å². The molecule has 0 aliphatic rings. The summed E-state index contributed by atoms with van der Waals surface area (Å²) in [5.41, 5.74) is 2.35. The number of carbonyl (C=O) groups excluding carboxylic acids is 2. The van der Waals surface area contributed by atoms with Gasteiger partial charge in [0.15, 0.2) is 6.61 Å². The summed E-state index contributed by atoms with van der Waals surface area (Å²) in [6.07, 6.45) is 0. The molecule has 0 heterocycles. The van der Waals surface area contributed by atoms with Gasteiger partial charge in [-0.25, -0.2) is 0 Å². The summed E-state index contributed by atoms with van der Waals surface area (Å²) in [7, 11) is 0. The average Bonchev–Trinajstić information content (AvgIpc) is 2.77. The van der Waals surface area contributed by atoms with Gasteiger partial charge in [0.2, 0.25) is 0 Å². The lowest BCUT2D eigenvalue weighted by atomic mass is 10.2. The zero-order valence-electron chi connectivity index (χ0n) is 16.8. The highest BCUT2D eigenvalue weighted by atomic mass is 16.5. The highest BCUT2D eigenvalue weighted by Gasteiger charge is 2.06. The Labute approximate surface area is 175 Å². The van der Waals surface area contributed by atoms with Crippen LogP contribution in [0, 0.1) is 6.92 Å². The van der Waals surface area contributed by atoms with Crippen molar-refractivity contribution in [1.29, 1.82) is 0 Å². The minimum Gasteiger partial charge on any atom is -0.492 e. The van der Waals surface area contributed by atoms with Crippen molar-refractivity contribution in [3.8, 4) is 11.5 Å². The maximum Gasteiger partial charge on any atom is 0.258 e. The summed E-state index contributed by atoms with van der Waals surface area (Å²) < 4.78 is 11.1. The molecule has 0 atom stereocenters. The number of aryl methyl sites for hydroxylation is 1. The normalized spacial score (nSPS) is 10.2. The smallest absolute Gasteiger partial charge is 0.258 e. The largest absolute Gasteiger partial charge is 0.492 e. The molecular formula is C24H24N2O4. The van der Waals surface area contributed by atoms with Crippen LogP contribution in [-0.2, 0) is 4.79 Å². The number of amides is 2. The van der Waals surface area contributed by atoms with E-state index in [1.54, 1.807) is 36.4 Å². The van der Waals surface area contributed by atoms with Gasteiger partial charge in [-0.1, -0.05) is 30.3 Å². The van der Waals surface area contributed by atoms with E-state index in [2.05, 4.69) is 10.6 Å². The van der Waals surface area contributed by atoms with E-state index >= 15 is 0 Å². The first-order valence-electron chi connectivity index (χ1n) is 9.65. The summed E-state index contributed by atoms with van der Waals surface area (Å²) >= 11 is 0. The van der Waals surface area contributed by atoms with Crippen LogP contribution in [-0.4, -0.2) is 31.6 Å². The van der Waals surface area contributed by atoms with Crippen LogP contribution < -0.4 is 20.1 Å². The van der Waals surface area contributed by atoms with Gasteiger partial charge in [0.05, 0.1) is 6.54 Å². The summed E-state index contributed by atoms with van der Waals surface area (Å²) in [5.74, 6) is 0.902. The average molecular weight is 404 g/mol. The zero-order valence-corrected chi connectivity index (χ0v) is 16.8. The molecule has 0 aliphatic carbocycles. The van der Waals surface area contributed by atoms with Gasteiger partial charge in [-0.3, -0.25) is 9.59 Å². The van der Waals surface area contributed by atoms with E-state index < -0.39 is 0 Å². The molecule has 0 spiro atoms. The van der Waals surface area contributed by atoms with Gasteiger partial charge >= 0.3 is 0 Å². The summed E-state index contributed by atoms with van der Waals surface area (Å²) in [6.45, 7) is 2.67. The number of benzene rings is 3. The number of rotatable bonds is 9. The van der Waals surface area contributed by atoms with Gasteiger partial charge in [-0.2, -0.15) is 0 Å². The second-order valence-corrected chi connectivity index (χ2v) is 6.65. The topological polar surface area (TPSA) is 76.7 Å². The lowest BCUT2D eigenvalue weighted by Gasteiger charge is -2.10. The van der Waals surface area contributed by atoms with E-state index in [9.17, 15) is 9.59 Å².